The molecule has 1 saturated heterocycles. The molecule has 1 aromatic carbocycles. The van der Waals surface area contributed by atoms with Crippen LogP contribution in [0.25, 0.3) is 11.1 Å². The second-order valence-corrected chi connectivity index (χ2v) is 5.81. The molecule has 0 unspecified atom stereocenters. The summed E-state index contributed by atoms with van der Waals surface area (Å²) in [6, 6.07) is 8.98. The molecule has 0 bridgehead atoms. The first-order chi connectivity index (χ1) is 11.8. The van der Waals surface area contributed by atoms with Crippen LogP contribution in [0.15, 0.2) is 41.1 Å². The molecule has 0 radical (unpaired) electrons. The highest BCUT2D eigenvalue weighted by atomic mass is 16.5. The van der Waals surface area contributed by atoms with E-state index in [1.54, 1.807) is 7.11 Å². The van der Waals surface area contributed by atoms with Gasteiger partial charge < -0.3 is 14.1 Å². The van der Waals surface area contributed by atoms with Crippen molar-refractivity contribution in [3.63, 3.8) is 0 Å². The Kier molecular flexibility index (Phi) is 4.00. The first kappa shape index (κ1) is 14.9. The summed E-state index contributed by atoms with van der Waals surface area (Å²) in [5, 5.41) is 0. The van der Waals surface area contributed by atoms with Crippen molar-refractivity contribution in [3.8, 4) is 6.01 Å². The topological polar surface area (TPSA) is 67.5 Å². The van der Waals surface area contributed by atoms with E-state index in [9.17, 15) is 0 Å². The summed E-state index contributed by atoms with van der Waals surface area (Å²) in [5.74, 6) is 0. The predicted molar refractivity (Wildman–Crippen MR) is 90.1 cm³/mol. The SMILES string of the molecule is COc1ncc(CN2CCN(c3nc4ccccc4o3)CC2)cn1. The number of aromatic nitrogens is 3. The van der Waals surface area contributed by atoms with Crippen molar-refractivity contribution >= 4 is 17.1 Å². The fourth-order valence-electron chi connectivity index (χ4n) is 2.88. The number of hydrogen-bond acceptors (Lipinski definition) is 7. The van der Waals surface area contributed by atoms with E-state index in [0.717, 1.165) is 49.4 Å². The third-order valence-corrected chi connectivity index (χ3v) is 4.20. The highest BCUT2D eigenvalue weighted by Crippen LogP contribution is 2.22. The molecule has 1 aliphatic heterocycles. The van der Waals surface area contributed by atoms with Crippen LogP contribution >= 0.6 is 0 Å². The number of anilines is 1. The van der Waals surface area contributed by atoms with E-state index in [-0.39, 0.29) is 0 Å². The molecule has 3 aromatic rings. The van der Waals surface area contributed by atoms with Gasteiger partial charge in [0, 0.05) is 50.7 Å². The number of piperazine rings is 1. The molecule has 0 saturated carbocycles. The van der Waals surface area contributed by atoms with Crippen LogP contribution in [0, 0.1) is 0 Å². The molecule has 7 nitrogen and oxygen atoms in total. The lowest BCUT2D eigenvalue weighted by molar-refractivity contribution is 0.244. The Morgan fingerprint density at radius 1 is 1.08 bits per heavy atom. The summed E-state index contributed by atoms with van der Waals surface area (Å²) < 4.78 is 10.8. The number of fused-ring (bicyclic) bond motifs is 1. The summed E-state index contributed by atoms with van der Waals surface area (Å²) in [5.41, 5.74) is 2.83. The van der Waals surface area contributed by atoms with E-state index in [4.69, 9.17) is 9.15 Å². The van der Waals surface area contributed by atoms with E-state index in [1.165, 1.54) is 0 Å². The van der Waals surface area contributed by atoms with Crippen LogP contribution < -0.4 is 9.64 Å². The maximum Gasteiger partial charge on any atom is 0.316 e. The first-order valence-corrected chi connectivity index (χ1v) is 7.99. The lowest BCUT2D eigenvalue weighted by atomic mass is 10.2. The molecule has 0 spiro atoms. The van der Waals surface area contributed by atoms with E-state index in [0.29, 0.717) is 12.0 Å². The zero-order chi connectivity index (χ0) is 16.4. The first-order valence-electron chi connectivity index (χ1n) is 7.99. The predicted octanol–water partition coefficient (Wildman–Crippen LogP) is 1.95. The van der Waals surface area contributed by atoms with Crippen LogP contribution in [0.5, 0.6) is 6.01 Å². The van der Waals surface area contributed by atoms with Crippen LogP contribution in [0.4, 0.5) is 6.01 Å². The lowest BCUT2D eigenvalue weighted by Crippen LogP contribution is -2.46. The van der Waals surface area contributed by atoms with Crippen LogP contribution in [0.1, 0.15) is 5.56 Å². The van der Waals surface area contributed by atoms with E-state index < -0.39 is 0 Å². The van der Waals surface area contributed by atoms with Gasteiger partial charge in [0.15, 0.2) is 5.58 Å². The summed E-state index contributed by atoms with van der Waals surface area (Å²) in [4.78, 5) is 17.5. The number of para-hydroxylation sites is 2. The number of hydrogen-bond donors (Lipinski definition) is 0. The quantitative estimate of drug-likeness (QED) is 0.726. The monoisotopic (exact) mass is 325 g/mol. The van der Waals surface area contributed by atoms with E-state index >= 15 is 0 Å². The van der Waals surface area contributed by atoms with Crippen LogP contribution in [0.2, 0.25) is 0 Å². The molecule has 24 heavy (non-hydrogen) atoms. The third kappa shape index (κ3) is 3.03. The van der Waals surface area contributed by atoms with Gasteiger partial charge in [-0.1, -0.05) is 12.1 Å². The lowest BCUT2D eigenvalue weighted by Gasteiger charge is -2.33. The van der Waals surface area contributed by atoms with E-state index in [2.05, 4.69) is 24.8 Å². The van der Waals surface area contributed by atoms with Crippen molar-refractivity contribution in [2.24, 2.45) is 0 Å². The maximum atomic E-state index is 5.85. The van der Waals surface area contributed by atoms with Crippen LogP contribution in [-0.4, -0.2) is 53.1 Å². The minimum atomic E-state index is 0.402. The Labute approximate surface area is 139 Å². The van der Waals surface area contributed by atoms with E-state index in [1.807, 2.05) is 36.7 Å². The Hall–Kier alpha value is -2.67. The number of ether oxygens (including phenoxy) is 1. The molecule has 0 aliphatic carbocycles. The number of rotatable bonds is 4. The summed E-state index contributed by atoms with van der Waals surface area (Å²) in [6.45, 7) is 4.52. The molecule has 2 aromatic heterocycles. The van der Waals surface area contributed by atoms with Crippen molar-refractivity contribution in [2.75, 3.05) is 38.2 Å². The third-order valence-electron chi connectivity index (χ3n) is 4.20. The molecule has 4 rings (SSSR count). The Morgan fingerprint density at radius 2 is 1.83 bits per heavy atom. The molecule has 0 amide bonds. The largest absolute Gasteiger partial charge is 0.467 e. The van der Waals surface area contributed by atoms with Crippen LogP contribution in [-0.2, 0) is 6.54 Å². The fraction of sp³-hybridized carbons (Fsp3) is 0.353. The summed E-state index contributed by atoms with van der Waals surface area (Å²) in [7, 11) is 1.57. The van der Waals surface area contributed by atoms with Gasteiger partial charge in [0.25, 0.3) is 6.01 Å². The molecule has 124 valence electrons. The van der Waals surface area contributed by atoms with Gasteiger partial charge in [0.2, 0.25) is 0 Å². The van der Waals surface area contributed by atoms with Gasteiger partial charge in [-0.3, -0.25) is 4.90 Å². The number of nitrogens with zero attached hydrogens (tertiary/aromatic N) is 5. The van der Waals surface area contributed by atoms with Crippen LogP contribution in [0.3, 0.4) is 0 Å². The Balaban J connectivity index is 1.37. The molecular weight excluding hydrogens is 306 g/mol. The van der Waals surface area contributed by atoms with Crippen molar-refractivity contribution in [3.05, 3.63) is 42.2 Å². The zero-order valence-corrected chi connectivity index (χ0v) is 13.6. The van der Waals surface area contributed by atoms with Crippen molar-refractivity contribution < 1.29 is 9.15 Å². The zero-order valence-electron chi connectivity index (χ0n) is 13.6. The van der Waals surface area contributed by atoms with Crippen molar-refractivity contribution in [1.29, 1.82) is 0 Å². The van der Waals surface area contributed by atoms with Gasteiger partial charge in [0.05, 0.1) is 7.11 Å². The van der Waals surface area contributed by atoms with Gasteiger partial charge >= 0.3 is 6.01 Å². The average molecular weight is 325 g/mol. The van der Waals surface area contributed by atoms with Gasteiger partial charge in [-0.05, 0) is 12.1 Å². The normalized spacial score (nSPS) is 15.8. The van der Waals surface area contributed by atoms with Gasteiger partial charge in [-0.2, -0.15) is 4.98 Å². The van der Waals surface area contributed by atoms with Crippen molar-refractivity contribution in [2.45, 2.75) is 6.54 Å². The summed E-state index contributed by atoms with van der Waals surface area (Å²) >= 11 is 0. The number of oxazole rings is 1. The Bertz CT molecular complexity index is 776. The average Bonchev–Trinajstić information content (AvgIpc) is 3.07. The fourth-order valence-corrected chi connectivity index (χ4v) is 2.88. The molecule has 3 heterocycles. The van der Waals surface area contributed by atoms with Gasteiger partial charge in [-0.15, -0.1) is 0 Å². The molecule has 0 N–H and O–H groups in total. The number of benzene rings is 1. The van der Waals surface area contributed by atoms with Crippen molar-refractivity contribution in [1.82, 2.24) is 19.9 Å². The molecule has 0 atom stereocenters. The van der Waals surface area contributed by atoms with Gasteiger partial charge in [0.1, 0.15) is 5.52 Å². The highest BCUT2D eigenvalue weighted by molar-refractivity contribution is 5.74. The second-order valence-electron chi connectivity index (χ2n) is 5.81. The molecule has 1 aliphatic rings. The summed E-state index contributed by atoms with van der Waals surface area (Å²) in [6.07, 6.45) is 3.64. The van der Waals surface area contributed by atoms with Gasteiger partial charge in [-0.25, -0.2) is 9.97 Å². The minimum Gasteiger partial charge on any atom is -0.467 e. The number of methoxy groups -OCH3 is 1. The second kappa shape index (κ2) is 6.45. The smallest absolute Gasteiger partial charge is 0.316 e. The maximum absolute atomic E-state index is 5.85. The standard InChI is InChI=1S/C17H19N5O2/c1-23-16-18-10-13(11-19-16)12-21-6-8-22(9-7-21)17-20-14-4-2-3-5-15(14)24-17/h2-5,10-11H,6-9,12H2,1H3. The minimum absolute atomic E-state index is 0.402. The molecular formula is C17H19N5O2. The molecule has 1 fully saturated rings. The molecule has 7 heteroatoms. The highest BCUT2D eigenvalue weighted by Gasteiger charge is 2.21. The Morgan fingerprint density at radius 3 is 2.54 bits per heavy atom.